The molecule has 0 amide bonds. The van der Waals surface area contributed by atoms with Crippen LogP contribution in [0.5, 0.6) is 5.75 Å². The number of hydrogen-bond donors (Lipinski definition) is 1. The van der Waals surface area contributed by atoms with E-state index in [-0.39, 0.29) is 11.6 Å². The van der Waals surface area contributed by atoms with Gasteiger partial charge in [-0.05, 0) is 29.7 Å². The monoisotopic (exact) mass is 416 g/mol. The van der Waals surface area contributed by atoms with Crippen molar-refractivity contribution >= 4 is 12.1 Å². The van der Waals surface area contributed by atoms with Crippen molar-refractivity contribution in [2.24, 2.45) is 5.10 Å². The van der Waals surface area contributed by atoms with Gasteiger partial charge in [0.05, 0.1) is 6.21 Å². The third-order valence-corrected chi connectivity index (χ3v) is 4.76. The Morgan fingerprint density at radius 2 is 1.94 bits per heavy atom. The molecule has 6 nitrogen and oxygen atoms in total. The largest absolute Gasteiger partial charge is 0.489 e. The van der Waals surface area contributed by atoms with E-state index >= 15 is 0 Å². The van der Waals surface area contributed by atoms with Gasteiger partial charge in [0.15, 0.2) is 5.89 Å². The number of unbranched alkanes of at least 4 members (excludes halogenated alkanes) is 4. The number of aromatic nitrogens is 1. The smallest absolute Gasteiger partial charge is 0.252 e. The topological polar surface area (TPSA) is 83.4 Å². The third kappa shape index (κ3) is 7.31. The molecular weight excluding hydrogens is 388 g/mol. The van der Waals surface area contributed by atoms with Crippen LogP contribution < -0.4 is 10.2 Å². The molecule has 0 fully saturated rings. The molecule has 0 saturated heterocycles. The van der Waals surface area contributed by atoms with Crippen LogP contribution in [-0.4, -0.2) is 11.2 Å². The fourth-order valence-corrected chi connectivity index (χ4v) is 3.09. The molecule has 0 unspecified atom stereocenters. The zero-order chi connectivity index (χ0) is 21.7. The Hall–Kier alpha value is -3.59. The van der Waals surface area contributed by atoms with Crippen LogP contribution in [0.25, 0.3) is 0 Å². The number of oxazole rings is 1. The molecule has 1 aromatic heterocycles. The van der Waals surface area contributed by atoms with Gasteiger partial charge in [-0.3, -0.25) is 0 Å². The minimum atomic E-state index is 0.223. The molecule has 0 aliphatic rings. The first-order valence-corrected chi connectivity index (χ1v) is 10.7. The number of ether oxygens (including phenoxy) is 1. The number of rotatable bonds is 12. The second-order valence-corrected chi connectivity index (χ2v) is 7.28. The van der Waals surface area contributed by atoms with Crippen LogP contribution in [0.1, 0.15) is 61.7 Å². The van der Waals surface area contributed by atoms with E-state index in [1.54, 1.807) is 6.21 Å². The van der Waals surface area contributed by atoms with Crippen molar-refractivity contribution < 1.29 is 9.15 Å². The van der Waals surface area contributed by atoms with Crippen LogP contribution in [0.2, 0.25) is 0 Å². The van der Waals surface area contributed by atoms with Crippen LogP contribution in [0.4, 0.5) is 5.88 Å². The molecular formula is C25H28N4O2. The van der Waals surface area contributed by atoms with Crippen LogP contribution >= 0.6 is 0 Å². The van der Waals surface area contributed by atoms with Crippen molar-refractivity contribution in [3.8, 4) is 11.8 Å². The van der Waals surface area contributed by atoms with Crippen molar-refractivity contribution in [3.05, 3.63) is 77.3 Å². The van der Waals surface area contributed by atoms with Crippen LogP contribution in [0, 0.1) is 11.3 Å². The van der Waals surface area contributed by atoms with Crippen LogP contribution in [-0.2, 0) is 13.0 Å². The molecule has 0 aliphatic heterocycles. The maximum Gasteiger partial charge on any atom is 0.252 e. The molecule has 0 spiro atoms. The quantitative estimate of drug-likeness (QED) is 0.220. The van der Waals surface area contributed by atoms with Gasteiger partial charge in [-0.25, -0.2) is 10.4 Å². The molecule has 0 radical (unpaired) electrons. The lowest BCUT2D eigenvalue weighted by atomic mass is 10.1. The molecule has 3 aromatic rings. The maximum absolute atomic E-state index is 9.30. The Labute approximate surface area is 183 Å². The van der Waals surface area contributed by atoms with Crippen molar-refractivity contribution in [2.45, 2.75) is 52.1 Å². The van der Waals surface area contributed by atoms with E-state index in [0.717, 1.165) is 36.1 Å². The van der Waals surface area contributed by atoms with E-state index in [1.165, 1.54) is 19.3 Å². The normalized spacial score (nSPS) is 10.8. The summed E-state index contributed by atoms with van der Waals surface area (Å²) >= 11 is 0. The molecule has 2 aromatic carbocycles. The summed E-state index contributed by atoms with van der Waals surface area (Å²) in [6.07, 6.45) is 8.20. The highest BCUT2D eigenvalue weighted by atomic mass is 16.5. The number of nitrogens with zero attached hydrogens (tertiary/aromatic N) is 3. The predicted octanol–water partition coefficient (Wildman–Crippen LogP) is 6.08. The Morgan fingerprint density at radius 3 is 2.74 bits per heavy atom. The lowest BCUT2D eigenvalue weighted by Crippen LogP contribution is -1.96. The number of aryl methyl sites for hydroxylation is 1. The van der Waals surface area contributed by atoms with Gasteiger partial charge < -0.3 is 9.15 Å². The third-order valence-electron chi connectivity index (χ3n) is 4.76. The number of nitrogens with one attached hydrogen (secondary N) is 1. The number of hydrogen-bond acceptors (Lipinski definition) is 6. The molecule has 31 heavy (non-hydrogen) atoms. The maximum atomic E-state index is 9.30. The first kappa shape index (κ1) is 22.1. The van der Waals surface area contributed by atoms with Gasteiger partial charge in [0.2, 0.25) is 5.69 Å². The summed E-state index contributed by atoms with van der Waals surface area (Å²) in [4.78, 5) is 4.26. The molecule has 3 rings (SSSR count). The van der Waals surface area contributed by atoms with E-state index in [4.69, 9.17) is 9.15 Å². The minimum Gasteiger partial charge on any atom is -0.489 e. The summed E-state index contributed by atoms with van der Waals surface area (Å²) in [5, 5.41) is 13.5. The van der Waals surface area contributed by atoms with Gasteiger partial charge in [0, 0.05) is 6.42 Å². The molecule has 0 aliphatic carbocycles. The lowest BCUT2D eigenvalue weighted by molar-refractivity contribution is 0.306. The summed E-state index contributed by atoms with van der Waals surface area (Å²) in [7, 11) is 0. The number of hydrazone groups is 1. The highest BCUT2D eigenvalue weighted by molar-refractivity contribution is 5.80. The van der Waals surface area contributed by atoms with Crippen molar-refractivity contribution in [2.75, 3.05) is 5.43 Å². The molecule has 0 bridgehead atoms. The molecule has 160 valence electrons. The number of benzene rings is 2. The SMILES string of the molecule is CCCCCCCc1nc(C#N)c(N/N=C/c2cccc(OCc3ccccc3)c2)o1. The van der Waals surface area contributed by atoms with Gasteiger partial charge in [-0.15, -0.1) is 0 Å². The lowest BCUT2D eigenvalue weighted by Gasteiger charge is -2.06. The van der Waals surface area contributed by atoms with Gasteiger partial charge in [-0.1, -0.05) is 75.1 Å². The summed E-state index contributed by atoms with van der Waals surface area (Å²) in [6, 6.07) is 19.7. The number of anilines is 1. The fraction of sp³-hybridized carbons (Fsp3) is 0.320. The molecule has 1 N–H and O–H groups in total. The standard InChI is InChI=1S/C25H28N4O2/c1-2-3-4-5-9-15-24-28-23(17-26)25(31-24)29-27-18-21-13-10-14-22(16-21)30-19-20-11-7-6-8-12-20/h6-8,10-14,16,18,29H,2-5,9,15,19H2,1H3/b27-18+. The number of nitriles is 1. The van der Waals surface area contributed by atoms with Gasteiger partial charge in [-0.2, -0.15) is 10.4 Å². The molecule has 6 heteroatoms. The van der Waals surface area contributed by atoms with Crippen molar-refractivity contribution in [1.82, 2.24) is 4.98 Å². The first-order valence-electron chi connectivity index (χ1n) is 10.7. The molecule has 0 atom stereocenters. The average molecular weight is 417 g/mol. The van der Waals surface area contributed by atoms with E-state index < -0.39 is 0 Å². The molecule has 0 saturated carbocycles. The first-order chi connectivity index (χ1) is 15.3. The fourth-order valence-electron chi connectivity index (χ4n) is 3.09. The van der Waals surface area contributed by atoms with E-state index in [1.807, 2.05) is 54.6 Å². The average Bonchev–Trinajstić information content (AvgIpc) is 3.20. The van der Waals surface area contributed by atoms with Gasteiger partial charge in [0.25, 0.3) is 5.88 Å². The zero-order valence-corrected chi connectivity index (χ0v) is 17.9. The van der Waals surface area contributed by atoms with Crippen LogP contribution in [0.15, 0.2) is 64.1 Å². The summed E-state index contributed by atoms with van der Waals surface area (Å²) in [5.41, 5.74) is 5.00. The Kier molecular flexibility index (Phi) is 8.69. The Bertz CT molecular complexity index is 1010. The second-order valence-electron chi connectivity index (χ2n) is 7.28. The Morgan fingerprint density at radius 1 is 1.10 bits per heavy atom. The minimum absolute atomic E-state index is 0.223. The van der Waals surface area contributed by atoms with Crippen molar-refractivity contribution in [1.29, 1.82) is 5.26 Å². The van der Waals surface area contributed by atoms with E-state index in [9.17, 15) is 5.26 Å². The summed E-state index contributed by atoms with van der Waals surface area (Å²) in [6.45, 7) is 2.70. The van der Waals surface area contributed by atoms with Gasteiger partial charge >= 0.3 is 0 Å². The highest BCUT2D eigenvalue weighted by Gasteiger charge is 2.12. The van der Waals surface area contributed by atoms with E-state index in [0.29, 0.717) is 12.5 Å². The van der Waals surface area contributed by atoms with Crippen LogP contribution in [0.3, 0.4) is 0 Å². The zero-order valence-electron chi connectivity index (χ0n) is 17.9. The highest BCUT2D eigenvalue weighted by Crippen LogP contribution is 2.19. The predicted molar refractivity (Wildman–Crippen MR) is 122 cm³/mol. The summed E-state index contributed by atoms with van der Waals surface area (Å²) < 4.78 is 11.5. The Balaban J connectivity index is 1.53. The molecule has 1 heterocycles. The summed E-state index contributed by atoms with van der Waals surface area (Å²) in [5.74, 6) is 1.61. The van der Waals surface area contributed by atoms with Crippen molar-refractivity contribution in [3.63, 3.8) is 0 Å². The van der Waals surface area contributed by atoms with Gasteiger partial charge in [0.1, 0.15) is 18.4 Å². The van der Waals surface area contributed by atoms with E-state index in [2.05, 4.69) is 28.5 Å². The second kappa shape index (κ2) is 12.2.